The van der Waals surface area contributed by atoms with Gasteiger partial charge in [0.05, 0.1) is 16.7 Å². The number of carboxylic acid groups (broad SMARTS) is 3. The molecule has 23 heavy (non-hydrogen) atoms. The summed E-state index contributed by atoms with van der Waals surface area (Å²) in [5, 5.41) is 28.0. The highest BCUT2D eigenvalue weighted by molar-refractivity contribution is 6.26. The summed E-state index contributed by atoms with van der Waals surface area (Å²) in [6.07, 6.45) is 0.848. The minimum atomic E-state index is -1.75. The van der Waals surface area contributed by atoms with E-state index in [0.29, 0.717) is 0 Å². The van der Waals surface area contributed by atoms with Crippen LogP contribution in [0.15, 0.2) is 36.9 Å². The Morgan fingerprint density at radius 1 is 0.739 bits per heavy atom. The molecule has 0 heterocycles. The number of benzene rings is 2. The van der Waals surface area contributed by atoms with Gasteiger partial charge in [-0.1, -0.05) is 30.8 Å². The molecule has 3 N–H and O–H groups in total. The smallest absolute Gasteiger partial charge is 0.337 e. The molecule has 7 heteroatoms. The third-order valence-electron chi connectivity index (χ3n) is 3.29. The lowest BCUT2D eigenvalue weighted by atomic mass is 9.87. The molecule has 0 saturated heterocycles. The lowest BCUT2D eigenvalue weighted by Gasteiger charge is -2.14. The van der Waals surface area contributed by atoms with E-state index < -0.39 is 45.9 Å². The van der Waals surface area contributed by atoms with E-state index in [9.17, 15) is 34.5 Å². The highest BCUT2D eigenvalue weighted by Crippen LogP contribution is 2.32. The SMILES string of the molecule is C=CC(=O)c1c(C(=O)O)c(C(=O)O)c(C(=O)O)c2ccccc12. The summed E-state index contributed by atoms with van der Waals surface area (Å²) in [4.78, 5) is 46.6. The maximum Gasteiger partial charge on any atom is 0.337 e. The molecule has 0 aliphatic heterocycles. The quantitative estimate of drug-likeness (QED) is 0.570. The van der Waals surface area contributed by atoms with E-state index in [1.165, 1.54) is 24.3 Å². The van der Waals surface area contributed by atoms with Gasteiger partial charge in [-0.3, -0.25) is 4.79 Å². The number of allylic oxidation sites excluding steroid dienone is 1. The fraction of sp³-hybridized carbons (Fsp3) is 0. The van der Waals surface area contributed by atoms with Crippen molar-refractivity contribution < 1.29 is 34.5 Å². The lowest BCUT2D eigenvalue weighted by Crippen LogP contribution is -2.19. The second-order valence-corrected chi connectivity index (χ2v) is 4.53. The van der Waals surface area contributed by atoms with Gasteiger partial charge in [0.25, 0.3) is 0 Å². The van der Waals surface area contributed by atoms with Gasteiger partial charge in [-0.25, -0.2) is 14.4 Å². The van der Waals surface area contributed by atoms with Crippen LogP contribution in [0.1, 0.15) is 41.4 Å². The number of carbonyl (C=O) groups is 4. The Kier molecular flexibility index (Phi) is 3.96. The number of carbonyl (C=O) groups excluding carboxylic acids is 1. The predicted molar refractivity (Wildman–Crippen MR) is 79.4 cm³/mol. The average molecular weight is 314 g/mol. The van der Waals surface area contributed by atoms with Crippen molar-refractivity contribution in [3.8, 4) is 0 Å². The predicted octanol–water partition coefficient (Wildman–Crippen LogP) is 2.30. The van der Waals surface area contributed by atoms with Gasteiger partial charge in [-0.15, -0.1) is 0 Å². The molecule has 0 fully saturated rings. The van der Waals surface area contributed by atoms with Gasteiger partial charge in [0.1, 0.15) is 0 Å². The van der Waals surface area contributed by atoms with E-state index in [0.717, 1.165) is 6.08 Å². The van der Waals surface area contributed by atoms with Crippen molar-refractivity contribution in [2.75, 3.05) is 0 Å². The first-order valence-electron chi connectivity index (χ1n) is 6.26. The van der Waals surface area contributed by atoms with Crippen molar-refractivity contribution in [3.63, 3.8) is 0 Å². The summed E-state index contributed by atoms with van der Waals surface area (Å²) in [6, 6.07) is 5.62. The molecular formula is C16H10O7. The number of rotatable bonds is 5. The number of fused-ring (bicyclic) bond motifs is 1. The van der Waals surface area contributed by atoms with Gasteiger partial charge in [0, 0.05) is 5.56 Å². The molecule has 0 aliphatic rings. The number of hydrogen-bond donors (Lipinski definition) is 3. The molecule has 2 aromatic carbocycles. The third kappa shape index (κ3) is 2.44. The van der Waals surface area contributed by atoms with Gasteiger partial charge >= 0.3 is 17.9 Å². The molecule has 2 aromatic rings. The zero-order chi connectivity index (χ0) is 17.3. The first kappa shape index (κ1) is 15.9. The second-order valence-electron chi connectivity index (χ2n) is 4.53. The topological polar surface area (TPSA) is 129 Å². The van der Waals surface area contributed by atoms with Crippen molar-refractivity contribution in [3.05, 3.63) is 59.2 Å². The van der Waals surface area contributed by atoms with Crippen LogP contribution in [0.2, 0.25) is 0 Å². The Morgan fingerprint density at radius 2 is 1.13 bits per heavy atom. The van der Waals surface area contributed by atoms with Crippen LogP contribution in [0.5, 0.6) is 0 Å². The largest absolute Gasteiger partial charge is 0.478 e. The molecule has 0 spiro atoms. The van der Waals surface area contributed by atoms with Crippen LogP contribution >= 0.6 is 0 Å². The molecule has 0 aromatic heterocycles. The van der Waals surface area contributed by atoms with E-state index in [4.69, 9.17) is 0 Å². The Hall–Kier alpha value is -3.48. The average Bonchev–Trinajstić information content (AvgIpc) is 2.50. The Labute approximate surface area is 129 Å². The van der Waals surface area contributed by atoms with Crippen molar-refractivity contribution in [1.82, 2.24) is 0 Å². The molecular weight excluding hydrogens is 304 g/mol. The molecule has 0 radical (unpaired) electrons. The molecule has 0 bridgehead atoms. The molecule has 0 atom stereocenters. The third-order valence-corrected chi connectivity index (χ3v) is 3.29. The van der Waals surface area contributed by atoms with Crippen molar-refractivity contribution in [1.29, 1.82) is 0 Å². The summed E-state index contributed by atoms with van der Waals surface area (Å²) in [7, 11) is 0. The van der Waals surface area contributed by atoms with E-state index in [-0.39, 0.29) is 10.8 Å². The van der Waals surface area contributed by atoms with Gasteiger partial charge in [0.15, 0.2) is 5.78 Å². The van der Waals surface area contributed by atoms with Crippen molar-refractivity contribution in [2.45, 2.75) is 0 Å². The fourth-order valence-electron chi connectivity index (χ4n) is 2.45. The Morgan fingerprint density at radius 3 is 1.52 bits per heavy atom. The van der Waals surface area contributed by atoms with Crippen LogP contribution in [0.25, 0.3) is 10.8 Å². The first-order chi connectivity index (χ1) is 10.8. The van der Waals surface area contributed by atoms with Crippen LogP contribution in [-0.4, -0.2) is 39.0 Å². The highest BCUT2D eigenvalue weighted by Gasteiger charge is 2.32. The standard InChI is InChI=1S/C16H10O7/c1-2-9(17)10-7-5-3-4-6-8(7)11(14(18)19)13(16(22)23)12(10)15(20)21/h2-6H,1H2,(H,18,19)(H,20,21)(H,22,23). The van der Waals surface area contributed by atoms with Crippen LogP contribution in [0, 0.1) is 0 Å². The molecule has 0 amide bonds. The van der Waals surface area contributed by atoms with Crippen LogP contribution in [-0.2, 0) is 0 Å². The summed E-state index contributed by atoms with van der Waals surface area (Å²) in [6.45, 7) is 3.27. The van der Waals surface area contributed by atoms with Crippen LogP contribution < -0.4 is 0 Å². The van der Waals surface area contributed by atoms with E-state index in [2.05, 4.69) is 6.58 Å². The molecule has 0 saturated carbocycles. The molecule has 0 unspecified atom stereocenters. The monoisotopic (exact) mass is 314 g/mol. The normalized spacial score (nSPS) is 10.3. The molecule has 7 nitrogen and oxygen atoms in total. The van der Waals surface area contributed by atoms with Gasteiger partial charge in [-0.05, 0) is 16.8 Å². The molecule has 2 rings (SSSR count). The summed E-state index contributed by atoms with van der Waals surface area (Å²) in [5.41, 5.74) is -2.87. The fourth-order valence-corrected chi connectivity index (χ4v) is 2.45. The highest BCUT2D eigenvalue weighted by atomic mass is 16.4. The lowest BCUT2D eigenvalue weighted by molar-refractivity contribution is 0.0633. The maximum absolute atomic E-state index is 12.1. The zero-order valence-electron chi connectivity index (χ0n) is 11.6. The van der Waals surface area contributed by atoms with Crippen LogP contribution in [0.3, 0.4) is 0 Å². The summed E-state index contributed by atoms with van der Waals surface area (Å²) < 4.78 is 0. The number of hydrogen-bond acceptors (Lipinski definition) is 4. The summed E-state index contributed by atoms with van der Waals surface area (Å²) in [5.74, 6) is -5.86. The minimum Gasteiger partial charge on any atom is -0.478 e. The Balaban J connectivity index is 3.25. The van der Waals surface area contributed by atoms with Crippen LogP contribution in [0.4, 0.5) is 0 Å². The van der Waals surface area contributed by atoms with E-state index in [1.54, 1.807) is 0 Å². The number of ketones is 1. The first-order valence-corrected chi connectivity index (χ1v) is 6.26. The van der Waals surface area contributed by atoms with E-state index in [1.807, 2.05) is 0 Å². The number of aromatic carboxylic acids is 3. The van der Waals surface area contributed by atoms with Crippen molar-refractivity contribution >= 4 is 34.5 Å². The zero-order valence-corrected chi connectivity index (χ0v) is 11.6. The second kappa shape index (κ2) is 5.72. The Bertz CT molecular complexity index is 893. The van der Waals surface area contributed by atoms with Crippen molar-refractivity contribution in [2.24, 2.45) is 0 Å². The van der Waals surface area contributed by atoms with Gasteiger partial charge in [0.2, 0.25) is 0 Å². The minimum absolute atomic E-state index is 0.0346. The molecule has 116 valence electrons. The molecule has 0 aliphatic carbocycles. The number of carboxylic acids is 3. The van der Waals surface area contributed by atoms with Gasteiger partial charge in [-0.2, -0.15) is 0 Å². The van der Waals surface area contributed by atoms with E-state index >= 15 is 0 Å². The van der Waals surface area contributed by atoms with Gasteiger partial charge < -0.3 is 15.3 Å². The summed E-state index contributed by atoms with van der Waals surface area (Å²) >= 11 is 0. The maximum atomic E-state index is 12.1.